The van der Waals surface area contributed by atoms with Crippen molar-refractivity contribution in [3.8, 4) is 0 Å². The fourth-order valence-electron chi connectivity index (χ4n) is 4.15. The molecule has 0 unspecified atom stereocenters. The average Bonchev–Trinajstić information content (AvgIpc) is 2.80. The van der Waals surface area contributed by atoms with Gasteiger partial charge in [0, 0.05) is 44.0 Å². The summed E-state index contributed by atoms with van der Waals surface area (Å²) in [5.41, 5.74) is 6.62. The summed E-state index contributed by atoms with van der Waals surface area (Å²) in [4.78, 5) is 35.6. The van der Waals surface area contributed by atoms with Gasteiger partial charge in [-0.25, -0.2) is 9.37 Å². The SMILES string of the molecule is NC(=O)c1cnc(N2CCCCC2)nc1Nc1ccc(N2CCC(C=O)CC2)c(F)c1. The third-order valence-corrected chi connectivity index (χ3v) is 5.96. The Bertz CT molecular complexity index is 955. The van der Waals surface area contributed by atoms with E-state index in [9.17, 15) is 14.0 Å². The number of nitrogens with zero attached hydrogens (tertiary/aromatic N) is 4. The molecule has 0 aliphatic carbocycles. The molecular formula is C22H27FN6O2. The summed E-state index contributed by atoms with van der Waals surface area (Å²) in [6.45, 7) is 3.01. The summed E-state index contributed by atoms with van der Waals surface area (Å²) >= 11 is 0. The fourth-order valence-corrected chi connectivity index (χ4v) is 4.15. The Hall–Kier alpha value is -3.23. The lowest BCUT2D eigenvalue weighted by molar-refractivity contribution is -0.111. The average molecular weight is 426 g/mol. The summed E-state index contributed by atoms with van der Waals surface area (Å²) in [5.74, 6) is -0.174. The molecule has 3 heterocycles. The van der Waals surface area contributed by atoms with E-state index < -0.39 is 5.91 Å². The van der Waals surface area contributed by atoms with Gasteiger partial charge in [0.1, 0.15) is 23.5 Å². The number of nitrogens with one attached hydrogen (secondary N) is 1. The highest BCUT2D eigenvalue weighted by Crippen LogP contribution is 2.29. The van der Waals surface area contributed by atoms with Gasteiger partial charge in [-0.2, -0.15) is 4.98 Å². The Labute approximate surface area is 180 Å². The van der Waals surface area contributed by atoms with Crippen molar-refractivity contribution >= 4 is 35.3 Å². The standard InChI is InChI=1S/C22H27FN6O2/c23-18-12-16(4-5-19(18)28-10-6-15(14-30)7-11-28)26-21-17(20(24)31)13-25-22(27-21)29-8-2-1-3-9-29/h4-5,12-15H,1-3,6-11H2,(H2,24,31)(H,25,26,27). The number of piperidine rings is 2. The molecular weight excluding hydrogens is 399 g/mol. The molecule has 2 saturated heterocycles. The van der Waals surface area contributed by atoms with Crippen molar-refractivity contribution in [3.63, 3.8) is 0 Å². The van der Waals surface area contributed by atoms with Crippen molar-refractivity contribution in [3.05, 3.63) is 35.8 Å². The van der Waals surface area contributed by atoms with Crippen LogP contribution in [0.15, 0.2) is 24.4 Å². The van der Waals surface area contributed by atoms with E-state index in [4.69, 9.17) is 5.73 Å². The third-order valence-electron chi connectivity index (χ3n) is 5.96. The number of anilines is 4. The van der Waals surface area contributed by atoms with E-state index in [1.54, 1.807) is 12.1 Å². The quantitative estimate of drug-likeness (QED) is 0.685. The molecule has 0 radical (unpaired) electrons. The number of hydrogen-bond acceptors (Lipinski definition) is 7. The van der Waals surface area contributed by atoms with E-state index >= 15 is 0 Å². The van der Waals surface area contributed by atoms with E-state index in [0.29, 0.717) is 30.4 Å². The van der Waals surface area contributed by atoms with Gasteiger partial charge in [0.15, 0.2) is 0 Å². The Morgan fingerprint density at radius 3 is 2.52 bits per heavy atom. The molecule has 2 fully saturated rings. The van der Waals surface area contributed by atoms with Crippen molar-refractivity contribution in [1.82, 2.24) is 9.97 Å². The number of halogens is 1. The first kappa shape index (κ1) is 21.0. The maximum Gasteiger partial charge on any atom is 0.254 e. The van der Waals surface area contributed by atoms with E-state index in [1.807, 2.05) is 4.90 Å². The van der Waals surface area contributed by atoms with Gasteiger partial charge in [0.2, 0.25) is 5.95 Å². The fraction of sp³-hybridized carbons (Fsp3) is 0.455. The normalized spacial score (nSPS) is 17.5. The van der Waals surface area contributed by atoms with Crippen LogP contribution in [0, 0.1) is 11.7 Å². The largest absolute Gasteiger partial charge is 0.369 e. The van der Waals surface area contributed by atoms with E-state index in [2.05, 4.69) is 20.2 Å². The molecule has 9 heteroatoms. The molecule has 0 bridgehead atoms. The van der Waals surface area contributed by atoms with Gasteiger partial charge in [-0.3, -0.25) is 4.79 Å². The lowest BCUT2D eigenvalue weighted by Crippen LogP contribution is -2.34. The molecule has 0 atom stereocenters. The highest BCUT2D eigenvalue weighted by Gasteiger charge is 2.22. The number of aldehydes is 1. The zero-order valence-corrected chi connectivity index (χ0v) is 17.4. The molecule has 164 valence electrons. The van der Waals surface area contributed by atoms with E-state index in [1.165, 1.54) is 18.7 Å². The first-order valence-corrected chi connectivity index (χ1v) is 10.7. The van der Waals surface area contributed by atoms with Crippen LogP contribution in [0.5, 0.6) is 0 Å². The lowest BCUT2D eigenvalue weighted by Gasteiger charge is -2.31. The summed E-state index contributed by atoms with van der Waals surface area (Å²) in [6, 6.07) is 4.84. The highest BCUT2D eigenvalue weighted by molar-refractivity contribution is 5.98. The van der Waals surface area contributed by atoms with Crippen molar-refractivity contribution in [2.75, 3.05) is 41.3 Å². The van der Waals surface area contributed by atoms with Crippen molar-refractivity contribution in [1.29, 1.82) is 0 Å². The number of primary amides is 1. The number of carbonyl (C=O) groups is 2. The molecule has 2 aliphatic rings. The summed E-state index contributed by atoms with van der Waals surface area (Å²) in [6.07, 6.45) is 7.18. The van der Waals surface area contributed by atoms with Gasteiger partial charge in [0.05, 0.1) is 5.69 Å². The van der Waals surface area contributed by atoms with Crippen molar-refractivity contribution in [2.24, 2.45) is 11.7 Å². The molecule has 0 saturated carbocycles. The van der Waals surface area contributed by atoms with Crippen LogP contribution in [0.1, 0.15) is 42.5 Å². The lowest BCUT2D eigenvalue weighted by atomic mass is 9.98. The number of nitrogens with two attached hydrogens (primary N) is 1. The van der Waals surface area contributed by atoms with Crippen LogP contribution in [0.25, 0.3) is 0 Å². The molecule has 4 rings (SSSR count). The molecule has 1 aromatic heterocycles. The molecule has 3 N–H and O–H groups in total. The minimum atomic E-state index is -0.650. The first-order chi connectivity index (χ1) is 15.0. The summed E-state index contributed by atoms with van der Waals surface area (Å²) in [5, 5.41) is 3.04. The first-order valence-electron chi connectivity index (χ1n) is 10.7. The van der Waals surface area contributed by atoms with Crippen LogP contribution in [-0.2, 0) is 4.79 Å². The Morgan fingerprint density at radius 1 is 1.13 bits per heavy atom. The zero-order valence-electron chi connectivity index (χ0n) is 17.4. The minimum Gasteiger partial charge on any atom is -0.369 e. The Kier molecular flexibility index (Phi) is 6.29. The molecule has 2 aliphatic heterocycles. The van der Waals surface area contributed by atoms with Crippen molar-refractivity contribution in [2.45, 2.75) is 32.1 Å². The second-order valence-corrected chi connectivity index (χ2v) is 8.10. The molecule has 1 aromatic carbocycles. The summed E-state index contributed by atoms with van der Waals surface area (Å²) in [7, 11) is 0. The van der Waals surface area contributed by atoms with Crippen LogP contribution in [0.3, 0.4) is 0 Å². The van der Waals surface area contributed by atoms with Crippen LogP contribution < -0.4 is 20.9 Å². The topological polar surface area (TPSA) is 104 Å². The van der Waals surface area contributed by atoms with Crippen LogP contribution in [0.2, 0.25) is 0 Å². The van der Waals surface area contributed by atoms with E-state index in [0.717, 1.165) is 45.1 Å². The Balaban J connectivity index is 1.54. The Morgan fingerprint density at radius 2 is 1.87 bits per heavy atom. The van der Waals surface area contributed by atoms with Crippen molar-refractivity contribution < 1.29 is 14.0 Å². The zero-order chi connectivity index (χ0) is 21.8. The van der Waals surface area contributed by atoms with Gasteiger partial charge >= 0.3 is 0 Å². The second-order valence-electron chi connectivity index (χ2n) is 8.10. The van der Waals surface area contributed by atoms with Gasteiger partial charge < -0.3 is 25.6 Å². The smallest absolute Gasteiger partial charge is 0.254 e. The number of aromatic nitrogens is 2. The maximum atomic E-state index is 14.9. The number of amides is 1. The minimum absolute atomic E-state index is 0.0549. The van der Waals surface area contributed by atoms with Crippen LogP contribution >= 0.6 is 0 Å². The summed E-state index contributed by atoms with van der Waals surface area (Å²) < 4.78 is 14.9. The maximum absolute atomic E-state index is 14.9. The molecule has 8 nitrogen and oxygen atoms in total. The second kappa shape index (κ2) is 9.28. The number of benzene rings is 1. The van der Waals surface area contributed by atoms with Crippen LogP contribution in [-0.4, -0.2) is 48.3 Å². The molecule has 31 heavy (non-hydrogen) atoms. The van der Waals surface area contributed by atoms with Gasteiger partial charge in [0.25, 0.3) is 5.91 Å². The van der Waals surface area contributed by atoms with E-state index in [-0.39, 0.29) is 23.1 Å². The molecule has 0 spiro atoms. The highest BCUT2D eigenvalue weighted by atomic mass is 19.1. The number of rotatable bonds is 6. The molecule has 1 amide bonds. The monoisotopic (exact) mass is 426 g/mol. The predicted molar refractivity (Wildman–Crippen MR) is 117 cm³/mol. The van der Waals surface area contributed by atoms with Crippen LogP contribution in [0.4, 0.5) is 27.5 Å². The van der Waals surface area contributed by atoms with Gasteiger partial charge in [-0.1, -0.05) is 0 Å². The number of carbonyl (C=O) groups excluding carboxylic acids is 2. The number of hydrogen-bond donors (Lipinski definition) is 2. The predicted octanol–water partition coefficient (Wildman–Crippen LogP) is 2.86. The third kappa shape index (κ3) is 4.76. The molecule has 2 aromatic rings. The van der Waals surface area contributed by atoms with Gasteiger partial charge in [-0.15, -0.1) is 0 Å². The van der Waals surface area contributed by atoms with Gasteiger partial charge in [-0.05, 0) is 50.3 Å².